The van der Waals surface area contributed by atoms with E-state index in [1.54, 1.807) is 6.20 Å². The van der Waals surface area contributed by atoms with Crippen LogP contribution in [0.2, 0.25) is 0 Å². The highest BCUT2D eigenvalue weighted by Gasteiger charge is 2.35. The van der Waals surface area contributed by atoms with Gasteiger partial charge >= 0.3 is 0 Å². The number of pyridine rings is 1. The van der Waals surface area contributed by atoms with Crippen molar-refractivity contribution >= 4 is 11.8 Å². The first-order valence-electron chi connectivity index (χ1n) is 9.63. The summed E-state index contributed by atoms with van der Waals surface area (Å²) in [4.78, 5) is 35.3. The second-order valence-electron chi connectivity index (χ2n) is 7.46. The molecule has 2 amide bonds. The van der Waals surface area contributed by atoms with Crippen LogP contribution in [0.15, 0.2) is 24.5 Å². The maximum atomic E-state index is 12.8. The van der Waals surface area contributed by atoms with E-state index in [0.29, 0.717) is 32.7 Å². The van der Waals surface area contributed by atoms with E-state index in [1.165, 1.54) is 0 Å². The van der Waals surface area contributed by atoms with Crippen molar-refractivity contribution in [2.24, 2.45) is 5.92 Å². The van der Waals surface area contributed by atoms with Crippen LogP contribution in [-0.2, 0) is 9.59 Å². The fourth-order valence-electron chi connectivity index (χ4n) is 3.88. The van der Waals surface area contributed by atoms with Gasteiger partial charge in [-0.15, -0.1) is 0 Å². The van der Waals surface area contributed by atoms with Gasteiger partial charge in [-0.3, -0.25) is 19.5 Å². The van der Waals surface area contributed by atoms with Crippen molar-refractivity contribution in [1.82, 2.24) is 25.0 Å². The van der Waals surface area contributed by atoms with Crippen LogP contribution in [0.25, 0.3) is 0 Å². The van der Waals surface area contributed by atoms with Crippen LogP contribution in [0.4, 0.5) is 0 Å². The molecule has 3 aliphatic rings. The molecule has 7 nitrogen and oxygen atoms in total. The molecule has 140 valence electrons. The van der Waals surface area contributed by atoms with E-state index < -0.39 is 0 Å². The number of piperazine rings is 2. The van der Waals surface area contributed by atoms with Crippen molar-refractivity contribution in [2.75, 3.05) is 52.4 Å². The van der Waals surface area contributed by atoms with Gasteiger partial charge in [0.2, 0.25) is 11.8 Å². The molecule has 1 saturated carbocycles. The number of aromatic nitrogens is 1. The molecular weight excluding hydrogens is 330 g/mol. The summed E-state index contributed by atoms with van der Waals surface area (Å²) < 4.78 is 0. The van der Waals surface area contributed by atoms with Gasteiger partial charge in [-0.25, -0.2) is 0 Å². The molecule has 1 atom stereocenters. The summed E-state index contributed by atoms with van der Waals surface area (Å²) in [5, 5.41) is 3.41. The van der Waals surface area contributed by atoms with Gasteiger partial charge in [0.1, 0.15) is 0 Å². The summed E-state index contributed by atoms with van der Waals surface area (Å²) >= 11 is 0. The Morgan fingerprint density at radius 2 is 1.88 bits per heavy atom. The second-order valence-corrected chi connectivity index (χ2v) is 7.46. The fraction of sp³-hybridized carbons (Fsp3) is 0.632. The van der Waals surface area contributed by atoms with E-state index in [-0.39, 0.29) is 23.8 Å². The Morgan fingerprint density at radius 1 is 1.12 bits per heavy atom. The molecule has 1 aromatic rings. The molecule has 1 aromatic heterocycles. The van der Waals surface area contributed by atoms with Gasteiger partial charge in [0, 0.05) is 70.2 Å². The molecule has 1 aliphatic carbocycles. The average Bonchev–Trinajstić information content (AvgIpc) is 3.54. The lowest BCUT2D eigenvalue weighted by atomic mass is 10.1. The Kier molecular flexibility index (Phi) is 5.17. The maximum Gasteiger partial charge on any atom is 0.236 e. The summed E-state index contributed by atoms with van der Waals surface area (Å²) in [5.74, 6) is 0.716. The van der Waals surface area contributed by atoms with Crippen molar-refractivity contribution in [3.8, 4) is 0 Å². The molecule has 7 heteroatoms. The Labute approximate surface area is 154 Å². The van der Waals surface area contributed by atoms with Gasteiger partial charge < -0.3 is 15.1 Å². The van der Waals surface area contributed by atoms with E-state index >= 15 is 0 Å². The van der Waals surface area contributed by atoms with Crippen LogP contribution in [0.5, 0.6) is 0 Å². The molecule has 4 rings (SSSR count). The Balaban J connectivity index is 1.32. The summed E-state index contributed by atoms with van der Waals surface area (Å²) in [6.45, 7) is 5.67. The highest BCUT2D eigenvalue weighted by molar-refractivity contribution is 5.82. The summed E-state index contributed by atoms with van der Waals surface area (Å²) in [7, 11) is 0. The van der Waals surface area contributed by atoms with E-state index in [2.05, 4.69) is 21.3 Å². The number of hydrogen-bond donors (Lipinski definition) is 1. The minimum absolute atomic E-state index is 0.166. The zero-order valence-corrected chi connectivity index (χ0v) is 15.1. The molecule has 0 spiro atoms. The summed E-state index contributed by atoms with van der Waals surface area (Å²) in [6, 6.07) is 4.20. The van der Waals surface area contributed by atoms with E-state index in [9.17, 15) is 9.59 Å². The van der Waals surface area contributed by atoms with Gasteiger partial charge in [-0.1, -0.05) is 6.07 Å². The van der Waals surface area contributed by atoms with Crippen LogP contribution in [-0.4, -0.2) is 83.9 Å². The van der Waals surface area contributed by atoms with Crippen molar-refractivity contribution in [1.29, 1.82) is 0 Å². The lowest BCUT2D eigenvalue weighted by Crippen LogP contribution is -2.55. The lowest BCUT2D eigenvalue weighted by molar-refractivity contribution is -0.141. The largest absolute Gasteiger partial charge is 0.339 e. The number of carbonyl (C=O) groups is 2. The molecule has 0 radical (unpaired) electrons. The van der Waals surface area contributed by atoms with Crippen LogP contribution in [0.3, 0.4) is 0 Å². The highest BCUT2D eigenvalue weighted by atomic mass is 16.2. The molecule has 1 unspecified atom stereocenters. The van der Waals surface area contributed by atoms with Gasteiger partial charge in [-0.2, -0.15) is 0 Å². The SMILES string of the molecule is O=C(CN1CCNCC1c1cccnc1)N1CCN(C(=O)C2CC2)CC1. The zero-order chi connectivity index (χ0) is 17.9. The summed E-state index contributed by atoms with van der Waals surface area (Å²) in [6.07, 6.45) is 5.74. The van der Waals surface area contributed by atoms with E-state index in [0.717, 1.165) is 38.0 Å². The molecule has 2 saturated heterocycles. The van der Waals surface area contributed by atoms with Gasteiger partial charge in [0.05, 0.1) is 6.54 Å². The van der Waals surface area contributed by atoms with E-state index in [1.807, 2.05) is 22.1 Å². The quantitative estimate of drug-likeness (QED) is 0.828. The van der Waals surface area contributed by atoms with Crippen LogP contribution in [0, 0.1) is 5.92 Å². The normalized spacial score (nSPS) is 24.5. The second kappa shape index (κ2) is 7.72. The molecule has 3 fully saturated rings. The topological polar surface area (TPSA) is 68.8 Å². The Bertz CT molecular complexity index is 641. The number of carbonyl (C=O) groups excluding carboxylic acids is 2. The third kappa shape index (κ3) is 3.88. The molecule has 3 heterocycles. The monoisotopic (exact) mass is 357 g/mol. The highest BCUT2D eigenvalue weighted by Crippen LogP contribution is 2.31. The third-order valence-corrected chi connectivity index (χ3v) is 5.63. The minimum Gasteiger partial charge on any atom is -0.339 e. The van der Waals surface area contributed by atoms with Gasteiger partial charge in [-0.05, 0) is 24.5 Å². The lowest BCUT2D eigenvalue weighted by Gasteiger charge is -2.39. The molecule has 2 aliphatic heterocycles. The van der Waals surface area contributed by atoms with E-state index in [4.69, 9.17) is 0 Å². The molecule has 0 aromatic carbocycles. The number of hydrogen-bond acceptors (Lipinski definition) is 5. The van der Waals surface area contributed by atoms with Crippen LogP contribution < -0.4 is 5.32 Å². The number of nitrogens with zero attached hydrogens (tertiary/aromatic N) is 4. The molecular formula is C19H27N5O2. The minimum atomic E-state index is 0.166. The number of nitrogens with one attached hydrogen (secondary N) is 1. The number of rotatable bonds is 4. The smallest absolute Gasteiger partial charge is 0.236 e. The fourth-order valence-corrected chi connectivity index (χ4v) is 3.88. The Morgan fingerprint density at radius 3 is 2.58 bits per heavy atom. The molecule has 0 bridgehead atoms. The first-order chi connectivity index (χ1) is 12.7. The average molecular weight is 357 g/mol. The van der Waals surface area contributed by atoms with Crippen molar-refractivity contribution < 1.29 is 9.59 Å². The predicted octanol–water partition coefficient (Wildman–Crippen LogP) is 0.109. The van der Waals surface area contributed by atoms with Gasteiger partial charge in [0.25, 0.3) is 0 Å². The van der Waals surface area contributed by atoms with Crippen LogP contribution >= 0.6 is 0 Å². The predicted molar refractivity (Wildman–Crippen MR) is 97.3 cm³/mol. The first kappa shape index (κ1) is 17.4. The summed E-state index contributed by atoms with van der Waals surface area (Å²) in [5.41, 5.74) is 1.15. The number of amides is 2. The zero-order valence-electron chi connectivity index (χ0n) is 15.1. The van der Waals surface area contributed by atoms with Crippen LogP contribution in [0.1, 0.15) is 24.4 Å². The molecule has 1 N–H and O–H groups in total. The standard InChI is InChI=1S/C19H27N5O2/c25-18(22-8-10-23(11-9-22)19(26)15-3-4-15)14-24-7-6-21-13-17(24)16-2-1-5-20-12-16/h1-2,5,12,15,17,21H,3-4,6-11,13-14H2. The maximum absolute atomic E-state index is 12.8. The van der Waals surface area contributed by atoms with Crippen molar-refractivity contribution in [3.63, 3.8) is 0 Å². The van der Waals surface area contributed by atoms with Crippen molar-refractivity contribution in [3.05, 3.63) is 30.1 Å². The first-order valence-corrected chi connectivity index (χ1v) is 9.63. The van der Waals surface area contributed by atoms with Gasteiger partial charge in [0.15, 0.2) is 0 Å². The Hall–Kier alpha value is -1.99. The molecule has 26 heavy (non-hydrogen) atoms. The van der Waals surface area contributed by atoms with Crippen molar-refractivity contribution in [2.45, 2.75) is 18.9 Å². The third-order valence-electron chi connectivity index (χ3n) is 5.63.